The molecule has 0 radical (unpaired) electrons. The quantitative estimate of drug-likeness (QED) is 0.713. The lowest BCUT2D eigenvalue weighted by molar-refractivity contribution is -0.115. The minimum atomic E-state index is -0.554. The summed E-state index contributed by atoms with van der Waals surface area (Å²) in [6, 6.07) is 0.00377. The summed E-state index contributed by atoms with van der Waals surface area (Å²) in [5, 5.41) is 0. The van der Waals surface area contributed by atoms with Crippen LogP contribution in [0.2, 0.25) is 0 Å². The molecule has 0 aliphatic rings. The van der Waals surface area contributed by atoms with Crippen LogP contribution in [0.15, 0.2) is 0 Å². The fourth-order valence-corrected chi connectivity index (χ4v) is 1.25. The number of carbonyl (C=O) groups excluding carboxylic acids is 2. The van der Waals surface area contributed by atoms with E-state index in [-0.39, 0.29) is 12.1 Å². The molecule has 0 rings (SSSR count). The SMILES string of the molecule is CC(C)N(CC(C)(C)C=O)C(=O)OC(C)(C)C. The molecule has 0 fully saturated rings. The van der Waals surface area contributed by atoms with Crippen LogP contribution in [0.3, 0.4) is 0 Å². The Hall–Kier alpha value is -1.06. The highest BCUT2D eigenvalue weighted by atomic mass is 16.6. The molecule has 4 heteroatoms. The molecule has 0 saturated carbocycles. The van der Waals surface area contributed by atoms with Gasteiger partial charge >= 0.3 is 6.09 Å². The van der Waals surface area contributed by atoms with Gasteiger partial charge < -0.3 is 14.4 Å². The lowest BCUT2D eigenvalue weighted by Crippen LogP contribution is -2.46. The molecule has 0 N–H and O–H groups in total. The molecule has 0 aliphatic heterocycles. The van der Waals surface area contributed by atoms with Crippen molar-refractivity contribution in [1.29, 1.82) is 0 Å². The Morgan fingerprint density at radius 1 is 1.24 bits per heavy atom. The van der Waals surface area contributed by atoms with Crippen LogP contribution in [-0.4, -0.2) is 35.5 Å². The first-order valence-electron chi connectivity index (χ1n) is 5.94. The van der Waals surface area contributed by atoms with Crippen molar-refractivity contribution in [2.75, 3.05) is 6.54 Å². The second-order valence-electron chi connectivity index (χ2n) is 6.31. The number of hydrogen-bond donors (Lipinski definition) is 0. The third-order valence-electron chi connectivity index (χ3n) is 2.15. The molecule has 0 atom stereocenters. The maximum absolute atomic E-state index is 12.0. The van der Waals surface area contributed by atoms with E-state index in [9.17, 15) is 9.59 Å². The van der Waals surface area contributed by atoms with E-state index < -0.39 is 11.0 Å². The van der Waals surface area contributed by atoms with E-state index in [0.717, 1.165) is 6.29 Å². The zero-order valence-electron chi connectivity index (χ0n) is 12.0. The van der Waals surface area contributed by atoms with Crippen LogP contribution >= 0.6 is 0 Å². The highest BCUT2D eigenvalue weighted by molar-refractivity contribution is 5.69. The van der Waals surface area contributed by atoms with Crippen molar-refractivity contribution in [2.24, 2.45) is 5.41 Å². The number of ether oxygens (including phenoxy) is 1. The largest absolute Gasteiger partial charge is 0.444 e. The molecule has 1 amide bonds. The van der Waals surface area contributed by atoms with Crippen LogP contribution in [0.4, 0.5) is 4.79 Å². The zero-order valence-corrected chi connectivity index (χ0v) is 12.0. The van der Waals surface area contributed by atoms with Crippen molar-refractivity contribution >= 4 is 12.4 Å². The molecule has 0 bridgehead atoms. The van der Waals surface area contributed by atoms with Crippen molar-refractivity contribution in [3.05, 3.63) is 0 Å². The van der Waals surface area contributed by atoms with E-state index in [0.29, 0.717) is 6.54 Å². The average molecular weight is 243 g/mol. The van der Waals surface area contributed by atoms with E-state index in [2.05, 4.69) is 0 Å². The van der Waals surface area contributed by atoms with Crippen molar-refractivity contribution in [3.8, 4) is 0 Å². The molecule has 0 aromatic carbocycles. The minimum Gasteiger partial charge on any atom is -0.444 e. The molecule has 0 aliphatic carbocycles. The minimum absolute atomic E-state index is 0.00377. The van der Waals surface area contributed by atoms with Crippen LogP contribution in [0, 0.1) is 5.41 Å². The molecule has 0 saturated heterocycles. The van der Waals surface area contributed by atoms with E-state index >= 15 is 0 Å². The van der Waals surface area contributed by atoms with Crippen LogP contribution in [0.25, 0.3) is 0 Å². The van der Waals surface area contributed by atoms with Gasteiger partial charge in [0.25, 0.3) is 0 Å². The van der Waals surface area contributed by atoms with E-state index in [1.54, 1.807) is 18.7 Å². The number of aldehydes is 1. The van der Waals surface area contributed by atoms with Gasteiger partial charge in [0, 0.05) is 18.0 Å². The summed E-state index contributed by atoms with van der Waals surface area (Å²) in [4.78, 5) is 24.5. The standard InChI is InChI=1S/C13H25NO3/c1-10(2)14(8-13(6,7)9-15)11(16)17-12(3,4)5/h9-10H,8H2,1-7H3. The summed E-state index contributed by atoms with van der Waals surface area (Å²) in [7, 11) is 0. The molecular formula is C13H25NO3. The van der Waals surface area contributed by atoms with Crippen LogP contribution in [0.1, 0.15) is 48.5 Å². The maximum Gasteiger partial charge on any atom is 0.410 e. The Morgan fingerprint density at radius 3 is 2.00 bits per heavy atom. The van der Waals surface area contributed by atoms with Crippen LogP contribution in [0.5, 0.6) is 0 Å². The third-order valence-corrected chi connectivity index (χ3v) is 2.15. The van der Waals surface area contributed by atoms with E-state index in [1.165, 1.54) is 0 Å². The summed E-state index contributed by atoms with van der Waals surface area (Å²) < 4.78 is 5.32. The van der Waals surface area contributed by atoms with Crippen LogP contribution < -0.4 is 0 Å². The molecule has 0 unspecified atom stereocenters. The number of hydrogen-bond acceptors (Lipinski definition) is 3. The second-order valence-corrected chi connectivity index (χ2v) is 6.31. The van der Waals surface area contributed by atoms with Gasteiger partial charge in [-0.2, -0.15) is 0 Å². The summed E-state index contributed by atoms with van der Waals surface area (Å²) in [6.45, 7) is 13.3. The zero-order chi connectivity index (χ0) is 13.9. The highest BCUT2D eigenvalue weighted by Crippen LogP contribution is 2.18. The third kappa shape index (κ3) is 6.29. The first-order chi connectivity index (χ1) is 7.48. The molecule has 0 heterocycles. The van der Waals surface area contributed by atoms with Gasteiger partial charge in [-0.3, -0.25) is 0 Å². The Bertz CT molecular complexity index is 277. The van der Waals surface area contributed by atoms with Gasteiger partial charge in [-0.1, -0.05) is 13.8 Å². The van der Waals surface area contributed by atoms with Gasteiger partial charge in [-0.05, 0) is 34.6 Å². The van der Waals surface area contributed by atoms with Gasteiger partial charge in [0.15, 0.2) is 0 Å². The normalized spacial score (nSPS) is 12.5. The average Bonchev–Trinajstić information content (AvgIpc) is 2.11. The molecular weight excluding hydrogens is 218 g/mol. The molecule has 0 aromatic rings. The van der Waals surface area contributed by atoms with Crippen molar-refractivity contribution in [3.63, 3.8) is 0 Å². The molecule has 100 valence electrons. The predicted molar refractivity (Wildman–Crippen MR) is 67.9 cm³/mol. The summed E-state index contributed by atoms with van der Waals surface area (Å²) >= 11 is 0. The second kappa shape index (κ2) is 5.52. The number of rotatable bonds is 4. The van der Waals surface area contributed by atoms with E-state index in [1.807, 2.05) is 34.6 Å². The summed E-state index contributed by atoms with van der Waals surface area (Å²) in [5.74, 6) is 0. The highest BCUT2D eigenvalue weighted by Gasteiger charge is 2.29. The first kappa shape index (κ1) is 15.9. The number of nitrogens with zero attached hydrogens (tertiary/aromatic N) is 1. The molecule has 17 heavy (non-hydrogen) atoms. The smallest absolute Gasteiger partial charge is 0.410 e. The van der Waals surface area contributed by atoms with Crippen molar-refractivity contribution < 1.29 is 14.3 Å². The fraction of sp³-hybridized carbons (Fsp3) is 0.846. The molecule has 0 aromatic heterocycles. The Morgan fingerprint density at radius 2 is 1.71 bits per heavy atom. The number of carbonyl (C=O) groups is 2. The fourth-order valence-electron chi connectivity index (χ4n) is 1.25. The lowest BCUT2D eigenvalue weighted by Gasteiger charge is -2.33. The van der Waals surface area contributed by atoms with E-state index in [4.69, 9.17) is 4.74 Å². The molecule has 0 spiro atoms. The number of amides is 1. The van der Waals surface area contributed by atoms with Gasteiger partial charge in [0.05, 0.1) is 0 Å². The lowest BCUT2D eigenvalue weighted by atomic mass is 9.95. The van der Waals surface area contributed by atoms with Gasteiger partial charge in [0.2, 0.25) is 0 Å². The summed E-state index contributed by atoms with van der Waals surface area (Å²) in [6.07, 6.45) is 0.495. The van der Waals surface area contributed by atoms with Gasteiger partial charge in [0.1, 0.15) is 11.9 Å². The van der Waals surface area contributed by atoms with Gasteiger partial charge in [-0.15, -0.1) is 0 Å². The van der Waals surface area contributed by atoms with Gasteiger partial charge in [-0.25, -0.2) is 4.79 Å². The maximum atomic E-state index is 12.0. The monoisotopic (exact) mass is 243 g/mol. The first-order valence-corrected chi connectivity index (χ1v) is 5.94. The predicted octanol–water partition coefficient (Wildman–Crippen LogP) is 2.86. The topological polar surface area (TPSA) is 46.6 Å². The van der Waals surface area contributed by atoms with Crippen LogP contribution in [-0.2, 0) is 9.53 Å². The summed E-state index contributed by atoms with van der Waals surface area (Å²) in [5.41, 5.74) is -1.07. The van der Waals surface area contributed by atoms with Crippen molar-refractivity contribution in [1.82, 2.24) is 4.90 Å². The molecule has 4 nitrogen and oxygen atoms in total. The Labute approximate surface area is 104 Å². The Balaban J connectivity index is 4.76. The van der Waals surface area contributed by atoms with Crippen molar-refractivity contribution in [2.45, 2.75) is 60.1 Å². The Kier molecular flexibility index (Phi) is 5.17.